The Hall–Kier alpha value is -1.23. The first kappa shape index (κ1) is 15.2. The zero-order valence-electron chi connectivity index (χ0n) is 11.1. The van der Waals surface area contributed by atoms with E-state index in [0.29, 0.717) is 17.7 Å². The first-order valence-electron chi connectivity index (χ1n) is 6.18. The van der Waals surface area contributed by atoms with E-state index in [-0.39, 0.29) is 6.10 Å². The molecule has 0 amide bonds. The third-order valence-electron chi connectivity index (χ3n) is 3.13. The minimum atomic E-state index is -4.32. The number of allylic oxidation sites excluding steroid dienone is 2. The minimum absolute atomic E-state index is 0.231. The summed E-state index contributed by atoms with van der Waals surface area (Å²) in [5.74, 6) is 0.531. The number of benzene rings is 1. The normalized spacial score (nSPS) is 19.8. The van der Waals surface area contributed by atoms with Gasteiger partial charge in [-0.15, -0.1) is 0 Å². The van der Waals surface area contributed by atoms with Gasteiger partial charge in [0, 0.05) is 6.42 Å². The van der Waals surface area contributed by atoms with Gasteiger partial charge in [-0.2, -0.15) is 13.2 Å². The van der Waals surface area contributed by atoms with Gasteiger partial charge in [0.15, 0.2) is 0 Å². The summed E-state index contributed by atoms with van der Waals surface area (Å²) < 4.78 is 44.7. The molecule has 1 nitrogen and oxygen atoms in total. The molecule has 0 aliphatic carbocycles. The van der Waals surface area contributed by atoms with Crippen molar-refractivity contribution in [2.24, 2.45) is 0 Å². The number of halogens is 4. The molecular formula is C15H14BrF3O. The van der Waals surface area contributed by atoms with Crippen LogP contribution in [0.25, 0.3) is 0 Å². The number of alkyl halides is 3. The van der Waals surface area contributed by atoms with Crippen LogP contribution in [0.2, 0.25) is 0 Å². The lowest BCUT2D eigenvalue weighted by Crippen LogP contribution is -2.15. The van der Waals surface area contributed by atoms with Crippen molar-refractivity contribution in [3.8, 4) is 5.75 Å². The Morgan fingerprint density at radius 1 is 1.40 bits per heavy atom. The van der Waals surface area contributed by atoms with Gasteiger partial charge in [0.25, 0.3) is 0 Å². The van der Waals surface area contributed by atoms with Gasteiger partial charge in [-0.1, -0.05) is 22.0 Å². The molecule has 5 heteroatoms. The van der Waals surface area contributed by atoms with Gasteiger partial charge in [0.1, 0.15) is 11.9 Å². The summed E-state index contributed by atoms with van der Waals surface area (Å²) in [7, 11) is 0. The van der Waals surface area contributed by atoms with Crippen molar-refractivity contribution < 1.29 is 17.9 Å². The molecule has 1 heterocycles. The number of fused-ring (bicyclic) bond motifs is 1. The number of hydrogen-bond donors (Lipinski definition) is 0. The summed E-state index contributed by atoms with van der Waals surface area (Å²) in [6.45, 7) is 3.78. The highest BCUT2D eigenvalue weighted by molar-refractivity contribution is 9.11. The molecule has 108 valence electrons. The lowest BCUT2D eigenvalue weighted by Gasteiger charge is -2.12. The van der Waals surface area contributed by atoms with Crippen molar-refractivity contribution in [1.29, 1.82) is 0 Å². The molecule has 0 bridgehead atoms. The van der Waals surface area contributed by atoms with Crippen LogP contribution in [0.15, 0.2) is 40.4 Å². The lowest BCUT2D eigenvalue weighted by molar-refractivity contribution is -0.137. The highest BCUT2D eigenvalue weighted by Gasteiger charge is 2.33. The monoisotopic (exact) mass is 346 g/mol. The molecule has 1 aromatic carbocycles. The summed E-state index contributed by atoms with van der Waals surface area (Å²) >= 11 is 3.35. The van der Waals surface area contributed by atoms with Crippen LogP contribution in [0.1, 0.15) is 25.0 Å². The molecule has 0 saturated carbocycles. The minimum Gasteiger partial charge on any atom is -0.485 e. The maximum atomic E-state index is 12.7. The van der Waals surface area contributed by atoms with E-state index in [9.17, 15) is 13.2 Å². The topological polar surface area (TPSA) is 9.23 Å². The van der Waals surface area contributed by atoms with E-state index in [1.807, 2.05) is 26.0 Å². The van der Waals surface area contributed by atoms with Crippen molar-refractivity contribution in [3.63, 3.8) is 0 Å². The SMILES string of the molecule is C/C=C(\C=C(/C)Br)C1Cc2cc(C(F)(F)F)ccc2O1. The summed E-state index contributed by atoms with van der Waals surface area (Å²) in [6.07, 6.45) is -0.266. The Labute approximate surface area is 124 Å². The molecule has 1 unspecified atom stereocenters. The molecule has 0 aromatic heterocycles. The first-order valence-corrected chi connectivity index (χ1v) is 6.97. The van der Waals surface area contributed by atoms with Crippen LogP contribution in [0.5, 0.6) is 5.75 Å². The van der Waals surface area contributed by atoms with Crippen LogP contribution in [0.3, 0.4) is 0 Å². The van der Waals surface area contributed by atoms with E-state index in [4.69, 9.17) is 4.74 Å². The number of ether oxygens (including phenoxy) is 1. The Morgan fingerprint density at radius 2 is 2.10 bits per heavy atom. The average Bonchev–Trinajstić information content (AvgIpc) is 2.76. The van der Waals surface area contributed by atoms with Crippen molar-refractivity contribution in [2.45, 2.75) is 32.5 Å². The van der Waals surface area contributed by atoms with E-state index in [1.165, 1.54) is 12.1 Å². The smallest absolute Gasteiger partial charge is 0.416 e. The molecule has 0 spiro atoms. The van der Waals surface area contributed by atoms with E-state index in [0.717, 1.165) is 16.1 Å². The van der Waals surface area contributed by atoms with Crippen LogP contribution in [-0.2, 0) is 12.6 Å². The van der Waals surface area contributed by atoms with Crippen molar-refractivity contribution in [1.82, 2.24) is 0 Å². The van der Waals surface area contributed by atoms with E-state index in [2.05, 4.69) is 15.9 Å². The van der Waals surface area contributed by atoms with Gasteiger partial charge in [0.2, 0.25) is 0 Å². The maximum Gasteiger partial charge on any atom is 0.416 e. The highest BCUT2D eigenvalue weighted by Crippen LogP contribution is 2.37. The summed E-state index contributed by atoms with van der Waals surface area (Å²) in [6, 6.07) is 3.63. The molecular weight excluding hydrogens is 333 g/mol. The molecule has 1 aliphatic heterocycles. The number of hydrogen-bond acceptors (Lipinski definition) is 1. The molecule has 0 N–H and O–H groups in total. The molecule has 0 saturated heterocycles. The Morgan fingerprint density at radius 3 is 2.65 bits per heavy atom. The van der Waals surface area contributed by atoms with Gasteiger partial charge < -0.3 is 4.74 Å². The molecule has 0 radical (unpaired) electrons. The quantitative estimate of drug-likeness (QED) is 0.664. The number of rotatable bonds is 2. The summed E-state index contributed by atoms with van der Waals surface area (Å²) in [5.41, 5.74) is 0.920. The van der Waals surface area contributed by atoms with Gasteiger partial charge in [-0.25, -0.2) is 0 Å². The summed E-state index contributed by atoms with van der Waals surface area (Å²) in [4.78, 5) is 0. The molecule has 20 heavy (non-hydrogen) atoms. The fourth-order valence-electron chi connectivity index (χ4n) is 2.20. The van der Waals surface area contributed by atoms with Crippen LogP contribution >= 0.6 is 15.9 Å². The van der Waals surface area contributed by atoms with E-state index < -0.39 is 11.7 Å². The second-order valence-electron chi connectivity index (χ2n) is 4.65. The average molecular weight is 347 g/mol. The predicted octanol–water partition coefficient (Wildman–Crippen LogP) is 5.25. The Balaban J connectivity index is 2.26. The van der Waals surface area contributed by atoms with Crippen LogP contribution in [0.4, 0.5) is 13.2 Å². The largest absolute Gasteiger partial charge is 0.485 e. The zero-order valence-corrected chi connectivity index (χ0v) is 12.7. The van der Waals surface area contributed by atoms with Gasteiger partial charge in [0.05, 0.1) is 5.56 Å². The second kappa shape index (κ2) is 5.64. The summed E-state index contributed by atoms with van der Waals surface area (Å²) in [5, 5.41) is 0. The third-order valence-corrected chi connectivity index (χ3v) is 3.36. The van der Waals surface area contributed by atoms with Gasteiger partial charge in [-0.3, -0.25) is 0 Å². The van der Waals surface area contributed by atoms with Crippen LogP contribution < -0.4 is 4.74 Å². The van der Waals surface area contributed by atoms with Crippen molar-refractivity contribution >= 4 is 15.9 Å². The molecule has 1 aromatic rings. The fraction of sp³-hybridized carbons (Fsp3) is 0.333. The van der Waals surface area contributed by atoms with Crippen LogP contribution in [0, 0.1) is 0 Å². The molecule has 0 fully saturated rings. The molecule has 2 rings (SSSR count). The van der Waals surface area contributed by atoms with E-state index >= 15 is 0 Å². The van der Waals surface area contributed by atoms with Crippen LogP contribution in [-0.4, -0.2) is 6.10 Å². The van der Waals surface area contributed by atoms with Gasteiger partial charge in [-0.05, 0) is 53.7 Å². The maximum absolute atomic E-state index is 12.7. The highest BCUT2D eigenvalue weighted by atomic mass is 79.9. The standard InChI is InChI=1S/C15H14BrF3O/c1-3-10(6-9(2)16)14-8-11-7-12(15(17,18)19)4-5-13(11)20-14/h3-7,14H,8H2,1-2H3/b9-6+,10-3+. The Bertz CT molecular complexity index is 569. The van der Waals surface area contributed by atoms with Crippen molar-refractivity contribution in [3.05, 3.63) is 51.5 Å². The van der Waals surface area contributed by atoms with Crippen molar-refractivity contribution in [2.75, 3.05) is 0 Å². The van der Waals surface area contributed by atoms with E-state index in [1.54, 1.807) is 0 Å². The zero-order chi connectivity index (χ0) is 14.9. The van der Waals surface area contributed by atoms with Gasteiger partial charge >= 0.3 is 6.18 Å². The molecule has 1 aliphatic rings. The Kier molecular flexibility index (Phi) is 4.28. The predicted molar refractivity (Wildman–Crippen MR) is 76.0 cm³/mol. The fourth-order valence-corrected chi connectivity index (χ4v) is 2.47. The lowest BCUT2D eigenvalue weighted by atomic mass is 10.0. The second-order valence-corrected chi connectivity index (χ2v) is 5.90. The first-order chi connectivity index (χ1) is 9.31. The third kappa shape index (κ3) is 3.26. The molecule has 1 atom stereocenters.